The third kappa shape index (κ3) is 7.82. The summed E-state index contributed by atoms with van der Waals surface area (Å²) in [5, 5.41) is 10.0. The number of aromatic hydroxyl groups is 1. The van der Waals surface area contributed by atoms with Gasteiger partial charge in [0.05, 0.1) is 18.7 Å². The number of nitrogen functional groups attached to an aromatic ring is 1. The number of fused-ring (bicyclic) bond motifs is 1. The molecule has 0 atom stereocenters. The minimum atomic E-state index is -0.738. The van der Waals surface area contributed by atoms with Crippen molar-refractivity contribution in [1.82, 2.24) is 0 Å². The highest BCUT2D eigenvalue weighted by Crippen LogP contribution is 2.28. The second-order valence-corrected chi connectivity index (χ2v) is 5.96. The first-order valence-electron chi connectivity index (χ1n) is 7.28. The van der Waals surface area contributed by atoms with Gasteiger partial charge in [-0.3, -0.25) is 4.79 Å². The van der Waals surface area contributed by atoms with Crippen LogP contribution >= 0.6 is 34.8 Å². The number of halogens is 3. The lowest BCUT2D eigenvalue weighted by Gasteiger charge is -1.95. The summed E-state index contributed by atoms with van der Waals surface area (Å²) in [4.78, 5) is 20.3. The number of ether oxygens (including phenoxy) is 2. The van der Waals surface area contributed by atoms with Crippen molar-refractivity contribution in [2.24, 2.45) is 0 Å². The summed E-state index contributed by atoms with van der Waals surface area (Å²) < 4.78 is 9.03. The number of benzene rings is 2. The summed E-state index contributed by atoms with van der Waals surface area (Å²) in [6.45, 7) is 2.04. The minimum absolute atomic E-state index is 0.0689. The first-order chi connectivity index (χ1) is 12.2. The quantitative estimate of drug-likeness (QED) is 0.226. The highest BCUT2D eigenvalue weighted by Gasteiger charge is 2.19. The SMILES string of the molecule is CCOC(=O)Cl.Nc1cc(Cl)ccc1O.O=C1Cc2cc(Cl)ccc2O1. The van der Waals surface area contributed by atoms with Gasteiger partial charge in [-0.1, -0.05) is 23.2 Å². The van der Waals surface area contributed by atoms with Crippen molar-refractivity contribution < 1.29 is 24.2 Å². The predicted octanol–water partition coefficient (Wildman–Crippen LogP) is 4.81. The highest BCUT2D eigenvalue weighted by atomic mass is 35.5. The molecule has 3 N–H and O–H groups in total. The Bertz CT molecular complexity index is 783. The molecule has 0 unspecified atom stereocenters. The van der Waals surface area contributed by atoms with Gasteiger partial charge in [0.25, 0.3) is 0 Å². The van der Waals surface area contributed by atoms with Crippen molar-refractivity contribution in [3.05, 3.63) is 52.0 Å². The van der Waals surface area contributed by atoms with Gasteiger partial charge < -0.3 is 20.3 Å². The van der Waals surface area contributed by atoms with Crippen molar-refractivity contribution in [1.29, 1.82) is 0 Å². The van der Waals surface area contributed by atoms with Gasteiger partial charge in [-0.05, 0) is 43.3 Å². The minimum Gasteiger partial charge on any atom is -0.506 e. The Morgan fingerprint density at radius 1 is 1.23 bits per heavy atom. The Morgan fingerprint density at radius 3 is 2.35 bits per heavy atom. The van der Waals surface area contributed by atoms with E-state index in [1.165, 1.54) is 12.1 Å². The Labute approximate surface area is 165 Å². The van der Waals surface area contributed by atoms with Crippen LogP contribution in [0.5, 0.6) is 11.5 Å². The number of hydrogen-bond donors (Lipinski definition) is 2. The average molecular weight is 421 g/mol. The molecule has 0 bridgehead atoms. The van der Waals surface area contributed by atoms with Gasteiger partial charge in [0.15, 0.2) is 0 Å². The van der Waals surface area contributed by atoms with Gasteiger partial charge in [-0.25, -0.2) is 4.79 Å². The molecule has 3 rings (SSSR count). The van der Waals surface area contributed by atoms with E-state index >= 15 is 0 Å². The zero-order valence-corrected chi connectivity index (χ0v) is 15.9. The summed E-state index contributed by atoms with van der Waals surface area (Å²) in [7, 11) is 0. The van der Waals surface area contributed by atoms with Crippen molar-refractivity contribution in [2.45, 2.75) is 13.3 Å². The van der Waals surface area contributed by atoms with Gasteiger partial charge >= 0.3 is 11.4 Å². The number of carbonyl (C=O) groups is 2. The first kappa shape index (κ1) is 21.9. The largest absolute Gasteiger partial charge is 0.506 e. The third-order valence-electron chi connectivity index (χ3n) is 2.83. The summed E-state index contributed by atoms with van der Waals surface area (Å²) in [5.41, 5.74) is 5.73. The third-order valence-corrected chi connectivity index (χ3v) is 3.41. The van der Waals surface area contributed by atoms with Gasteiger partial charge in [-0.2, -0.15) is 0 Å². The highest BCUT2D eigenvalue weighted by molar-refractivity contribution is 6.61. The monoisotopic (exact) mass is 419 g/mol. The molecular weight excluding hydrogens is 405 g/mol. The number of esters is 1. The van der Waals surface area contributed by atoms with Gasteiger partial charge in [0, 0.05) is 27.2 Å². The number of anilines is 1. The summed E-state index contributed by atoms with van der Waals surface area (Å²) in [6.07, 6.45) is 0.343. The molecular formula is C17H16Cl3NO5. The van der Waals surface area contributed by atoms with Crippen molar-refractivity contribution >= 4 is 51.9 Å². The maximum absolute atomic E-state index is 10.7. The molecule has 26 heavy (non-hydrogen) atoms. The molecule has 6 nitrogen and oxygen atoms in total. The van der Waals surface area contributed by atoms with E-state index in [9.17, 15) is 9.59 Å². The molecule has 1 heterocycles. The summed E-state index contributed by atoms with van der Waals surface area (Å²) in [6, 6.07) is 9.70. The van der Waals surface area contributed by atoms with Crippen LogP contribution in [-0.2, 0) is 16.0 Å². The first-order valence-corrected chi connectivity index (χ1v) is 8.41. The molecule has 0 amide bonds. The Hall–Kier alpha value is -2.15. The second kappa shape index (κ2) is 10.8. The number of phenolic OH excluding ortho intramolecular Hbond substituents is 1. The van der Waals surface area contributed by atoms with Crippen molar-refractivity contribution in [3.63, 3.8) is 0 Å². The standard InChI is InChI=1S/C8H5ClO2.C6H6ClNO.C3H5ClO2/c9-6-1-2-7-5(3-6)4-8(10)11-7;7-4-1-2-6(9)5(8)3-4;1-2-6-3(4)5/h1-3H,4H2;1-3,9H,8H2;2H2,1H3. The summed E-state index contributed by atoms with van der Waals surface area (Å²) in [5.74, 6) is 0.501. The van der Waals surface area contributed by atoms with Crippen LogP contribution in [0.3, 0.4) is 0 Å². The molecule has 2 aromatic rings. The van der Waals surface area contributed by atoms with Crippen LogP contribution in [0.4, 0.5) is 10.5 Å². The smallest absolute Gasteiger partial charge is 0.403 e. The molecule has 0 spiro atoms. The lowest BCUT2D eigenvalue weighted by molar-refractivity contribution is -0.131. The predicted molar refractivity (Wildman–Crippen MR) is 101 cm³/mol. The molecule has 140 valence electrons. The summed E-state index contributed by atoms with van der Waals surface area (Å²) >= 11 is 15.9. The fourth-order valence-electron chi connectivity index (χ4n) is 1.74. The fraction of sp³-hybridized carbons (Fsp3) is 0.176. The van der Waals surface area contributed by atoms with Crippen LogP contribution in [0, 0.1) is 0 Å². The topological polar surface area (TPSA) is 98.9 Å². The van der Waals surface area contributed by atoms with Gasteiger partial charge in [0.2, 0.25) is 0 Å². The Morgan fingerprint density at radius 2 is 1.85 bits per heavy atom. The number of nitrogens with two attached hydrogens (primary N) is 1. The van der Waals surface area contributed by atoms with E-state index in [0.717, 1.165) is 5.56 Å². The molecule has 0 radical (unpaired) electrons. The lowest BCUT2D eigenvalue weighted by atomic mass is 10.2. The lowest BCUT2D eigenvalue weighted by Crippen LogP contribution is -1.99. The van der Waals surface area contributed by atoms with Crippen LogP contribution in [-0.4, -0.2) is 23.1 Å². The van der Waals surface area contributed by atoms with Crippen LogP contribution in [0.2, 0.25) is 10.0 Å². The van der Waals surface area contributed by atoms with E-state index in [2.05, 4.69) is 4.74 Å². The van der Waals surface area contributed by atoms with Gasteiger partial charge in [-0.15, -0.1) is 0 Å². The van der Waals surface area contributed by atoms with Gasteiger partial charge in [0.1, 0.15) is 11.5 Å². The molecule has 2 aromatic carbocycles. The molecule has 0 fully saturated rings. The van der Waals surface area contributed by atoms with E-state index < -0.39 is 5.43 Å². The Kier molecular flexibility index (Phi) is 9.05. The number of phenols is 1. The zero-order valence-electron chi connectivity index (χ0n) is 13.7. The number of rotatable bonds is 1. The molecule has 1 aliphatic heterocycles. The Balaban J connectivity index is 0.000000205. The molecule has 0 aliphatic carbocycles. The maximum Gasteiger partial charge on any atom is 0.403 e. The van der Waals surface area contributed by atoms with Crippen molar-refractivity contribution in [3.8, 4) is 11.5 Å². The normalized spacial score (nSPS) is 11.2. The number of carbonyl (C=O) groups excluding carboxylic acids is 2. The molecule has 9 heteroatoms. The molecule has 0 saturated heterocycles. The zero-order chi connectivity index (χ0) is 19.7. The molecule has 0 aromatic heterocycles. The van der Waals surface area contributed by atoms with E-state index in [0.29, 0.717) is 34.5 Å². The molecule has 0 saturated carbocycles. The van der Waals surface area contributed by atoms with Crippen LogP contribution < -0.4 is 10.5 Å². The van der Waals surface area contributed by atoms with Crippen molar-refractivity contribution in [2.75, 3.05) is 12.3 Å². The maximum atomic E-state index is 10.7. The number of hydrogen-bond acceptors (Lipinski definition) is 6. The van der Waals surface area contributed by atoms with E-state index in [1.54, 1.807) is 31.2 Å². The van der Waals surface area contributed by atoms with Crippen LogP contribution in [0.15, 0.2) is 36.4 Å². The van der Waals surface area contributed by atoms with E-state index in [-0.39, 0.29) is 11.7 Å². The fourth-order valence-corrected chi connectivity index (χ4v) is 2.22. The average Bonchev–Trinajstić information content (AvgIpc) is 2.91. The van der Waals surface area contributed by atoms with E-state index in [4.69, 9.17) is 50.4 Å². The second-order valence-electron chi connectivity index (χ2n) is 4.78. The molecule has 1 aliphatic rings. The van der Waals surface area contributed by atoms with E-state index in [1.807, 2.05) is 0 Å². The van der Waals surface area contributed by atoms with Crippen LogP contribution in [0.25, 0.3) is 0 Å². The van der Waals surface area contributed by atoms with Crippen LogP contribution in [0.1, 0.15) is 12.5 Å².